The van der Waals surface area contributed by atoms with Gasteiger partial charge in [-0.3, -0.25) is 0 Å². The molecule has 0 heteroatoms. The second-order valence-corrected chi connectivity index (χ2v) is 9.35. The molecule has 0 aromatic heterocycles. The van der Waals surface area contributed by atoms with Crippen LogP contribution in [0.15, 0.2) is 12.2 Å². The molecule has 3 saturated carbocycles. The van der Waals surface area contributed by atoms with Gasteiger partial charge in [0.15, 0.2) is 0 Å². The predicted molar refractivity (Wildman–Crippen MR) is 102 cm³/mol. The monoisotopic (exact) mass is 316 g/mol. The molecule has 0 aliphatic heterocycles. The van der Waals surface area contributed by atoms with E-state index < -0.39 is 0 Å². The number of hydrogen-bond donors (Lipinski definition) is 0. The Hall–Kier alpha value is -0.260. The Labute approximate surface area is 145 Å². The largest absolute Gasteiger partial charge is 0.0999 e. The van der Waals surface area contributed by atoms with Gasteiger partial charge >= 0.3 is 0 Å². The van der Waals surface area contributed by atoms with Crippen molar-refractivity contribution in [1.29, 1.82) is 0 Å². The zero-order valence-corrected chi connectivity index (χ0v) is 15.7. The standard InChI is InChI=1S/C23H40/c1-3-19-8-10-21(11-9-19)17-23-14-12-22(13-15-23)16-20-6-4-18(2)5-7-20/h19-23H,2-17H2,1H3. The van der Waals surface area contributed by atoms with Gasteiger partial charge in [0.25, 0.3) is 0 Å². The van der Waals surface area contributed by atoms with E-state index in [4.69, 9.17) is 0 Å². The molecule has 3 aliphatic rings. The summed E-state index contributed by atoms with van der Waals surface area (Å²) in [5, 5.41) is 0. The summed E-state index contributed by atoms with van der Waals surface area (Å²) in [5.41, 5.74) is 1.52. The van der Waals surface area contributed by atoms with Crippen LogP contribution in [-0.4, -0.2) is 0 Å². The Balaban J connectivity index is 1.32. The van der Waals surface area contributed by atoms with Gasteiger partial charge < -0.3 is 0 Å². The Morgan fingerprint density at radius 1 is 0.609 bits per heavy atom. The van der Waals surface area contributed by atoms with E-state index >= 15 is 0 Å². The average molecular weight is 317 g/mol. The molecule has 3 aliphatic carbocycles. The lowest BCUT2D eigenvalue weighted by Crippen LogP contribution is -2.22. The van der Waals surface area contributed by atoms with Crippen molar-refractivity contribution in [3.8, 4) is 0 Å². The summed E-state index contributed by atoms with van der Waals surface area (Å²) in [6.07, 6.45) is 22.4. The van der Waals surface area contributed by atoms with Crippen molar-refractivity contribution < 1.29 is 0 Å². The highest BCUT2D eigenvalue weighted by Crippen LogP contribution is 2.41. The van der Waals surface area contributed by atoms with Crippen LogP contribution in [0.1, 0.15) is 103 Å². The van der Waals surface area contributed by atoms with E-state index in [-0.39, 0.29) is 0 Å². The Kier molecular flexibility index (Phi) is 6.66. The first-order valence-corrected chi connectivity index (χ1v) is 10.9. The molecule has 0 nitrogen and oxygen atoms in total. The van der Waals surface area contributed by atoms with Crippen LogP contribution in [0, 0.1) is 29.6 Å². The third-order valence-corrected chi connectivity index (χ3v) is 7.66. The van der Waals surface area contributed by atoms with Crippen molar-refractivity contribution in [2.45, 2.75) is 103 Å². The van der Waals surface area contributed by atoms with Crippen molar-refractivity contribution in [3.05, 3.63) is 12.2 Å². The molecule has 3 fully saturated rings. The molecule has 0 spiro atoms. The third kappa shape index (κ3) is 5.36. The summed E-state index contributed by atoms with van der Waals surface area (Å²) in [6, 6.07) is 0. The number of hydrogen-bond acceptors (Lipinski definition) is 0. The van der Waals surface area contributed by atoms with Crippen molar-refractivity contribution in [2.75, 3.05) is 0 Å². The van der Waals surface area contributed by atoms with Gasteiger partial charge in [-0.1, -0.05) is 76.9 Å². The lowest BCUT2D eigenvalue weighted by molar-refractivity contribution is 0.174. The van der Waals surface area contributed by atoms with E-state index in [1.807, 2.05) is 0 Å². The predicted octanol–water partition coefficient (Wildman–Crippen LogP) is 7.54. The van der Waals surface area contributed by atoms with Crippen molar-refractivity contribution in [3.63, 3.8) is 0 Å². The van der Waals surface area contributed by atoms with E-state index in [0.29, 0.717) is 0 Å². The zero-order valence-electron chi connectivity index (χ0n) is 15.7. The van der Waals surface area contributed by atoms with Crippen molar-refractivity contribution in [2.24, 2.45) is 29.6 Å². The fourth-order valence-electron chi connectivity index (χ4n) is 5.84. The van der Waals surface area contributed by atoms with Gasteiger partial charge in [0, 0.05) is 0 Å². The summed E-state index contributed by atoms with van der Waals surface area (Å²) in [5.74, 6) is 5.34. The molecule has 0 atom stereocenters. The normalized spacial score (nSPS) is 37.0. The zero-order chi connectivity index (χ0) is 16.1. The second-order valence-electron chi connectivity index (χ2n) is 9.35. The van der Waals surface area contributed by atoms with Crippen LogP contribution in [-0.2, 0) is 0 Å². The van der Waals surface area contributed by atoms with Gasteiger partial charge in [0.05, 0.1) is 0 Å². The maximum atomic E-state index is 4.17. The van der Waals surface area contributed by atoms with Crippen LogP contribution in [0.2, 0.25) is 0 Å². The minimum absolute atomic E-state index is 1.03. The lowest BCUT2D eigenvalue weighted by atomic mass is 9.70. The summed E-state index contributed by atoms with van der Waals surface area (Å²) < 4.78 is 0. The molecule has 0 unspecified atom stereocenters. The van der Waals surface area contributed by atoms with E-state index in [1.165, 1.54) is 50.5 Å². The highest BCUT2D eigenvalue weighted by molar-refractivity contribution is 4.98. The van der Waals surface area contributed by atoms with Crippen LogP contribution < -0.4 is 0 Å². The Morgan fingerprint density at radius 2 is 0.957 bits per heavy atom. The molecule has 0 aromatic carbocycles. The molecule has 3 rings (SSSR count). The van der Waals surface area contributed by atoms with Gasteiger partial charge in [-0.05, 0) is 68.1 Å². The molecule has 132 valence electrons. The van der Waals surface area contributed by atoms with Crippen molar-refractivity contribution >= 4 is 0 Å². The maximum absolute atomic E-state index is 4.17. The average Bonchev–Trinajstić information content (AvgIpc) is 2.59. The minimum Gasteiger partial charge on any atom is -0.0999 e. The van der Waals surface area contributed by atoms with Gasteiger partial charge in [0.2, 0.25) is 0 Å². The first-order valence-electron chi connectivity index (χ1n) is 10.9. The molecule has 23 heavy (non-hydrogen) atoms. The Bertz CT molecular complexity index is 342. The highest BCUT2D eigenvalue weighted by Gasteiger charge is 2.28. The smallest absolute Gasteiger partial charge is 0.0320 e. The third-order valence-electron chi connectivity index (χ3n) is 7.66. The molecule has 0 N–H and O–H groups in total. The maximum Gasteiger partial charge on any atom is -0.0320 e. The van der Waals surface area contributed by atoms with Gasteiger partial charge in [-0.2, -0.15) is 0 Å². The molecule has 0 radical (unpaired) electrons. The molecule has 0 heterocycles. The minimum atomic E-state index is 1.03. The van der Waals surface area contributed by atoms with E-state index in [2.05, 4.69) is 13.5 Å². The molecule has 0 amide bonds. The summed E-state index contributed by atoms with van der Waals surface area (Å²) >= 11 is 0. The van der Waals surface area contributed by atoms with Crippen LogP contribution in [0.4, 0.5) is 0 Å². The summed E-state index contributed by atoms with van der Waals surface area (Å²) in [4.78, 5) is 0. The van der Waals surface area contributed by atoms with E-state index in [1.54, 1.807) is 51.4 Å². The lowest BCUT2D eigenvalue weighted by Gasteiger charge is -2.35. The van der Waals surface area contributed by atoms with Crippen LogP contribution >= 0.6 is 0 Å². The first-order chi connectivity index (χ1) is 11.2. The van der Waals surface area contributed by atoms with Crippen LogP contribution in [0.3, 0.4) is 0 Å². The van der Waals surface area contributed by atoms with E-state index in [9.17, 15) is 0 Å². The summed E-state index contributed by atoms with van der Waals surface area (Å²) in [7, 11) is 0. The quantitative estimate of drug-likeness (QED) is 0.460. The second kappa shape index (κ2) is 8.72. The fourth-order valence-corrected chi connectivity index (χ4v) is 5.84. The fraction of sp³-hybridized carbons (Fsp3) is 0.913. The topological polar surface area (TPSA) is 0 Å². The van der Waals surface area contributed by atoms with Crippen molar-refractivity contribution in [1.82, 2.24) is 0 Å². The molecule has 0 bridgehead atoms. The molecular formula is C23H40. The Morgan fingerprint density at radius 3 is 1.35 bits per heavy atom. The van der Waals surface area contributed by atoms with Crippen LogP contribution in [0.5, 0.6) is 0 Å². The number of rotatable bonds is 5. The van der Waals surface area contributed by atoms with Gasteiger partial charge in [-0.25, -0.2) is 0 Å². The van der Waals surface area contributed by atoms with Gasteiger partial charge in [-0.15, -0.1) is 0 Å². The first kappa shape index (κ1) is 17.6. The molecule has 0 aromatic rings. The molecular weight excluding hydrogens is 276 g/mol. The number of allylic oxidation sites excluding steroid dienone is 1. The van der Waals surface area contributed by atoms with Gasteiger partial charge in [0.1, 0.15) is 0 Å². The van der Waals surface area contributed by atoms with Crippen LogP contribution in [0.25, 0.3) is 0 Å². The highest BCUT2D eigenvalue weighted by atomic mass is 14.3. The van der Waals surface area contributed by atoms with E-state index in [0.717, 1.165) is 29.6 Å². The molecule has 0 saturated heterocycles. The summed E-state index contributed by atoms with van der Waals surface area (Å²) in [6.45, 7) is 6.55. The SMILES string of the molecule is C=C1CCC(CC2CCC(CC3CCC(CC)CC3)CC2)CC1.